The van der Waals surface area contributed by atoms with Crippen LogP contribution in [0.4, 0.5) is 15.5 Å². The molecule has 0 unspecified atom stereocenters. The molecule has 0 aliphatic carbocycles. The highest BCUT2D eigenvalue weighted by Gasteiger charge is 2.45. The van der Waals surface area contributed by atoms with Gasteiger partial charge in [0.05, 0.1) is 25.3 Å². The van der Waals surface area contributed by atoms with Gasteiger partial charge in [0.15, 0.2) is 0 Å². The van der Waals surface area contributed by atoms with Crippen molar-refractivity contribution in [3.63, 3.8) is 0 Å². The van der Waals surface area contributed by atoms with Crippen molar-refractivity contribution >= 4 is 30.0 Å². The van der Waals surface area contributed by atoms with Crippen molar-refractivity contribution in [2.45, 2.75) is 77.9 Å². The van der Waals surface area contributed by atoms with Crippen LogP contribution in [0, 0.1) is 5.92 Å². The second-order valence-corrected chi connectivity index (χ2v) is 10.8. The van der Waals surface area contributed by atoms with Crippen LogP contribution in [0.3, 0.4) is 0 Å². The van der Waals surface area contributed by atoms with E-state index in [4.69, 9.17) is 9.47 Å². The van der Waals surface area contributed by atoms with Crippen molar-refractivity contribution in [2.75, 3.05) is 25.5 Å². The van der Waals surface area contributed by atoms with E-state index in [9.17, 15) is 24.3 Å². The van der Waals surface area contributed by atoms with Crippen LogP contribution in [0.25, 0.3) is 0 Å². The van der Waals surface area contributed by atoms with E-state index in [-0.39, 0.29) is 32.0 Å². The molecular weight excluding hydrogens is 484 g/mol. The van der Waals surface area contributed by atoms with Crippen molar-refractivity contribution in [2.24, 2.45) is 5.92 Å². The minimum absolute atomic E-state index is 0.0601. The van der Waals surface area contributed by atoms with Gasteiger partial charge in [0.25, 0.3) is 0 Å². The van der Waals surface area contributed by atoms with Crippen molar-refractivity contribution in [3.8, 4) is 0 Å². The molecule has 37 heavy (non-hydrogen) atoms. The molecule has 0 aromatic carbocycles. The second-order valence-electron chi connectivity index (χ2n) is 10.8. The molecule has 1 aromatic heterocycles. The molecule has 0 saturated carbocycles. The molecule has 3 rings (SSSR count). The number of carbonyl (C=O) groups excluding carboxylic acids is 3. The molecule has 1 fully saturated rings. The molecule has 0 bridgehead atoms. The Balaban J connectivity index is 1.66. The lowest BCUT2D eigenvalue weighted by molar-refractivity contribution is -0.149. The number of fused-ring (bicyclic) bond motifs is 1. The van der Waals surface area contributed by atoms with E-state index < -0.39 is 47.9 Å². The third kappa shape index (κ3) is 6.77. The summed E-state index contributed by atoms with van der Waals surface area (Å²) < 4.78 is 10.9. The molecule has 3 amide bonds. The fraction of sp³-hybridized carbons (Fsp3) is 0.667. The number of hydrogen-bond acceptors (Lipinski definition) is 9. The lowest BCUT2D eigenvalue weighted by Crippen LogP contribution is -2.54. The predicted octanol–water partition coefficient (Wildman–Crippen LogP) is 1.60. The van der Waals surface area contributed by atoms with Gasteiger partial charge in [-0.15, -0.1) is 0 Å². The fourth-order valence-electron chi connectivity index (χ4n) is 4.19. The van der Waals surface area contributed by atoms with Gasteiger partial charge in [0.2, 0.25) is 11.9 Å². The number of nitrogens with one attached hydrogen (secondary N) is 1. The number of anilines is 1. The number of likely N-dealkylation sites (tertiary alicyclic amines) is 1. The van der Waals surface area contributed by atoms with E-state index in [1.807, 2.05) is 14.1 Å². The highest BCUT2D eigenvalue weighted by atomic mass is 16.6. The van der Waals surface area contributed by atoms with Gasteiger partial charge in [-0.1, -0.05) is 13.8 Å². The lowest BCUT2D eigenvalue weighted by atomic mass is 10.0. The molecule has 204 valence electrons. The summed E-state index contributed by atoms with van der Waals surface area (Å²) in [6.45, 7) is 8.98. The fourth-order valence-corrected chi connectivity index (χ4v) is 4.19. The van der Waals surface area contributed by atoms with Gasteiger partial charge in [-0.2, -0.15) is 0 Å². The smallest absolute Gasteiger partial charge is 0.410 e. The zero-order valence-corrected chi connectivity index (χ0v) is 22.3. The van der Waals surface area contributed by atoms with Crippen molar-refractivity contribution in [3.05, 3.63) is 17.5 Å². The Hall–Kier alpha value is -3.64. The van der Waals surface area contributed by atoms with E-state index in [0.717, 1.165) is 16.2 Å². The highest BCUT2D eigenvalue weighted by Crippen LogP contribution is 2.27. The summed E-state index contributed by atoms with van der Waals surface area (Å²) in [5.41, 5.74) is 0.762. The number of hydrogen-bond donors (Lipinski definition) is 2. The van der Waals surface area contributed by atoms with Gasteiger partial charge >= 0.3 is 18.2 Å². The number of aromatic nitrogens is 2. The summed E-state index contributed by atoms with van der Waals surface area (Å²) in [6, 6.07) is -2.21. The number of amides is 3. The number of rotatable bonds is 6. The van der Waals surface area contributed by atoms with E-state index in [0.29, 0.717) is 5.95 Å². The van der Waals surface area contributed by atoms with E-state index in [1.54, 1.807) is 45.7 Å². The summed E-state index contributed by atoms with van der Waals surface area (Å²) in [5.74, 6) is -1.60. The van der Waals surface area contributed by atoms with Crippen LogP contribution in [0.5, 0.6) is 0 Å². The minimum atomic E-state index is -1.22. The van der Waals surface area contributed by atoms with E-state index in [2.05, 4.69) is 15.3 Å². The Morgan fingerprint density at radius 3 is 2.43 bits per heavy atom. The maximum absolute atomic E-state index is 13.3. The molecule has 13 nitrogen and oxygen atoms in total. The van der Waals surface area contributed by atoms with Gasteiger partial charge in [0, 0.05) is 32.3 Å². The van der Waals surface area contributed by atoms with Crippen LogP contribution in [0.2, 0.25) is 0 Å². The van der Waals surface area contributed by atoms with Crippen molar-refractivity contribution in [1.82, 2.24) is 25.1 Å². The van der Waals surface area contributed by atoms with Gasteiger partial charge in [0.1, 0.15) is 23.8 Å². The van der Waals surface area contributed by atoms with E-state index >= 15 is 0 Å². The van der Waals surface area contributed by atoms with Gasteiger partial charge in [-0.3, -0.25) is 9.69 Å². The van der Waals surface area contributed by atoms with Gasteiger partial charge in [-0.05, 0) is 26.7 Å². The van der Waals surface area contributed by atoms with Crippen LogP contribution in [0.15, 0.2) is 6.20 Å². The van der Waals surface area contributed by atoms with Crippen LogP contribution in [0.1, 0.15) is 52.3 Å². The number of carboxylic acid groups (broad SMARTS) is 1. The Bertz CT molecular complexity index is 1050. The van der Waals surface area contributed by atoms with Gasteiger partial charge in [-0.25, -0.2) is 24.4 Å². The van der Waals surface area contributed by atoms with Crippen molar-refractivity contribution in [1.29, 1.82) is 0 Å². The number of ether oxygens (including phenoxy) is 2. The largest absolute Gasteiger partial charge is 0.480 e. The Morgan fingerprint density at radius 2 is 1.86 bits per heavy atom. The Kier molecular flexibility index (Phi) is 8.13. The summed E-state index contributed by atoms with van der Waals surface area (Å²) in [5, 5.41) is 12.3. The van der Waals surface area contributed by atoms with Gasteiger partial charge < -0.3 is 29.7 Å². The Morgan fingerprint density at radius 1 is 1.19 bits per heavy atom. The topological polar surface area (TPSA) is 154 Å². The first kappa shape index (κ1) is 27.9. The maximum Gasteiger partial charge on any atom is 0.410 e. The molecular formula is C24H36N6O7. The molecule has 2 N–H and O–H groups in total. The standard InChI is InChI=1S/C24H36N6O7/c1-13(2)18(27-22(34)37-24(3,4)5)19(31)30-11-15(8-17(30)20(32)33)36-23(35)29-10-14-9-25-21(28(6)7)26-16(14)12-29/h9,13,15,17-18H,8,10-12H2,1-7H3,(H,27,34)(H,32,33)/t15-,17+,18+/m1/s1. The molecule has 1 saturated heterocycles. The first-order valence-electron chi connectivity index (χ1n) is 12.2. The average molecular weight is 521 g/mol. The maximum atomic E-state index is 13.3. The zero-order valence-electron chi connectivity index (χ0n) is 22.3. The number of carboxylic acids is 1. The molecule has 2 aliphatic heterocycles. The van der Waals surface area contributed by atoms with Crippen LogP contribution in [-0.2, 0) is 32.2 Å². The summed E-state index contributed by atoms with van der Waals surface area (Å²) in [6.07, 6.45) is -0.609. The third-order valence-corrected chi connectivity index (χ3v) is 6.00. The molecule has 13 heteroatoms. The zero-order chi connectivity index (χ0) is 27.7. The highest BCUT2D eigenvalue weighted by molar-refractivity contribution is 5.90. The number of nitrogens with zero attached hydrogens (tertiary/aromatic N) is 5. The number of alkyl carbamates (subject to hydrolysis) is 1. The first-order valence-corrected chi connectivity index (χ1v) is 12.2. The normalized spacial score (nSPS) is 19.9. The number of aliphatic carboxylic acids is 1. The van der Waals surface area contributed by atoms with Crippen molar-refractivity contribution < 1.29 is 33.8 Å². The van der Waals surface area contributed by atoms with Crippen LogP contribution in [-0.4, -0.2) is 93.4 Å². The average Bonchev–Trinajstić information content (AvgIpc) is 3.39. The summed E-state index contributed by atoms with van der Waals surface area (Å²) in [7, 11) is 3.64. The molecule has 0 radical (unpaired) electrons. The minimum Gasteiger partial charge on any atom is -0.480 e. The quantitative estimate of drug-likeness (QED) is 0.565. The lowest BCUT2D eigenvalue weighted by Gasteiger charge is -2.30. The van der Waals surface area contributed by atoms with Crippen LogP contribution < -0.4 is 10.2 Å². The summed E-state index contributed by atoms with van der Waals surface area (Å²) in [4.78, 5) is 63.6. The third-order valence-electron chi connectivity index (χ3n) is 6.00. The molecule has 1 aromatic rings. The predicted molar refractivity (Wildman–Crippen MR) is 132 cm³/mol. The number of carbonyl (C=O) groups is 4. The first-order chi connectivity index (χ1) is 17.2. The second kappa shape index (κ2) is 10.8. The molecule has 2 aliphatic rings. The van der Waals surface area contributed by atoms with E-state index in [1.165, 1.54) is 4.90 Å². The Labute approximate surface area is 216 Å². The molecule has 0 spiro atoms. The molecule has 3 heterocycles. The monoisotopic (exact) mass is 520 g/mol. The van der Waals surface area contributed by atoms with Crippen LogP contribution >= 0.6 is 0 Å². The SMILES string of the molecule is CC(C)[C@H](NC(=O)OC(C)(C)C)C(=O)N1C[C@H](OC(=O)N2Cc3cnc(N(C)C)nc3C2)C[C@H]1C(=O)O. The summed E-state index contributed by atoms with van der Waals surface area (Å²) >= 11 is 0. The molecule has 3 atom stereocenters.